The van der Waals surface area contributed by atoms with Crippen molar-refractivity contribution < 1.29 is 22.7 Å². The van der Waals surface area contributed by atoms with Gasteiger partial charge in [-0.05, 0) is 12.1 Å². The third-order valence-electron chi connectivity index (χ3n) is 4.37. The number of sulfonamides is 1. The zero-order valence-electron chi connectivity index (χ0n) is 15.6. The zero-order chi connectivity index (χ0) is 19.6. The van der Waals surface area contributed by atoms with E-state index in [1.807, 2.05) is 6.92 Å². The van der Waals surface area contributed by atoms with E-state index < -0.39 is 16.1 Å². The lowest BCUT2D eigenvalue weighted by atomic mass is 10.0. The van der Waals surface area contributed by atoms with E-state index in [0.29, 0.717) is 17.8 Å². The fourth-order valence-electron chi connectivity index (χ4n) is 2.83. The Balaban J connectivity index is 2.48. The number of hydrogen-bond acceptors (Lipinski definition) is 5. The van der Waals surface area contributed by atoms with Gasteiger partial charge in [0.15, 0.2) is 5.75 Å². The number of anilines is 1. The number of fused-ring (bicyclic) bond motifs is 1. The van der Waals surface area contributed by atoms with Gasteiger partial charge < -0.3 is 15.0 Å². The zero-order valence-corrected chi connectivity index (χ0v) is 16.5. The number of rotatable bonds is 4. The van der Waals surface area contributed by atoms with Gasteiger partial charge in [-0.15, -0.1) is 0 Å². The van der Waals surface area contributed by atoms with Gasteiger partial charge in [-0.3, -0.25) is 9.59 Å². The summed E-state index contributed by atoms with van der Waals surface area (Å²) in [6.45, 7) is 3.82. The molecular formula is C17H25N3O5S. The number of para-hydroxylation sites is 1. The molecule has 1 aliphatic rings. The summed E-state index contributed by atoms with van der Waals surface area (Å²) < 4.78 is 30.9. The van der Waals surface area contributed by atoms with Gasteiger partial charge in [-0.25, -0.2) is 12.7 Å². The van der Waals surface area contributed by atoms with Crippen LogP contribution in [-0.2, 0) is 14.8 Å². The van der Waals surface area contributed by atoms with Gasteiger partial charge >= 0.3 is 0 Å². The number of carbonyl (C=O) groups excluding carboxylic acids is 2. The van der Waals surface area contributed by atoms with Crippen LogP contribution in [0, 0.1) is 5.92 Å². The lowest BCUT2D eigenvalue weighted by Gasteiger charge is -2.34. The average Bonchev–Trinajstić information content (AvgIpc) is 2.52. The molecule has 1 aromatic carbocycles. The summed E-state index contributed by atoms with van der Waals surface area (Å²) in [5.41, 5.74) is 0.718. The van der Waals surface area contributed by atoms with E-state index in [0.717, 1.165) is 6.26 Å². The maximum absolute atomic E-state index is 12.7. The van der Waals surface area contributed by atoms with Crippen molar-refractivity contribution in [3.8, 4) is 5.75 Å². The molecule has 8 nitrogen and oxygen atoms in total. The molecule has 144 valence electrons. The summed E-state index contributed by atoms with van der Waals surface area (Å²) in [6, 6.07) is 4.95. The van der Waals surface area contributed by atoms with Crippen LogP contribution < -0.4 is 10.1 Å². The van der Waals surface area contributed by atoms with E-state index >= 15 is 0 Å². The Bertz CT molecular complexity index is 809. The molecule has 0 saturated heterocycles. The minimum absolute atomic E-state index is 0.119. The van der Waals surface area contributed by atoms with Gasteiger partial charge in [-0.1, -0.05) is 13.0 Å². The van der Waals surface area contributed by atoms with Crippen LogP contribution in [0.4, 0.5) is 5.69 Å². The van der Waals surface area contributed by atoms with Crippen molar-refractivity contribution in [3.63, 3.8) is 0 Å². The molecule has 9 heteroatoms. The van der Waals surface area contributed by atoms with Crippen LogP contribution in [0.1, 0.15) is 24.2 Å². The minimum Gasteiger partial charge on any atom is -0.486 e. The molecule has 0 saturated carbocycles. The molecule has 0 bridgehead atoms. The SMILES string of the molecule is CC(=O)Nc1cccc2c1O[C@@H](CN(C)S(C)(=O)=O)[C@@H](C)CN(C)C2=O. The van der Waals surface area contributed by atoms with E-state index in [1.54, 1.807) is 30.1 Å². The Morgan fingerprint density at radius 3 is 2.65 bits per heavy atom. The molecule has 0 spiro atoms. The number of hydrogen-bond donors (Lipinski definition) is 1. The number of ether oxygens (including phenoxy) is 1. The Morgan fingerprint density at radius 2 is 2.08 bits per heavy atom. The molecule has 0 unspecified atom stereocenters. The Kier molecular flexibility index (Phi) is 5.92. The third-order valence-corrected chi connectivity index (χ3v) is 5.65. The molecule has 2 amide bonds. The molecule has 2 rings (SSSR count). The van der Waals surface area contributed by atoms with Gasteiger partial charge in [0.25, 0.3) is 5.91 Å². The third kappa shape index (κ3) is 4.53. The Hall–Kier alpha value is -2.13. The first-order chi connectivity index (χ1) is 12.0. The largest absolute Gasteiger partial charge is 0.486 e. The normalized spacial score (nSPS) is 20.8. The minimum atomic E-state index is -3.37. The average molecular weight is 383 g/mol. The standard InChI is InChI=1S/C17H25N3O5S/c1-11-9-19(3)17(22)13-7-6-8-14(18-12(2)21)16(13)25-15(11)10-20(4)26(5,23)24/h6-8,11,15H,9-10H2,1-5H3,(H,18,21)/t11-,15-/m0/s1. The van der Waals surface area contributed by atoms with Crippen molar-refractivity contribution in [3.05, 3.63) is 23.8 Å². The summed E-state index contributed by atoms with van der Waals surface area (Å²) >= 11 is 0. The molecule has 0 aromatic heterocycles. The quantitative estimate of drug-likeness (QED) is 0.837. The van der Waals surface area contributed by atoms with Crippen molar-refractivity contribution >= 4 is 27.5 Å². The fourth-order valence-corrected chi connectivity index (χ4v) is 3.25. The molecule has 1 N–H and O–H groups in total. The van der Waals surface area contributed by atoms with Gasteiger partial charge in [0.2, 0.25) is 15.9 Å². The van der Waals surface area contributed by atoms with Crippen LogP contribution in [0.5, 0.6) is 5.75 Å². The highest BCUT2D eigenvalue weighted by Crippen LogP contribution is 2.34. The smallest absolute Gasteiger partial charge is 0.257 e. The molecule has 0 aliphatic carbocycles. The summed E-state index contributed by atoms with van der Waals surface area (Å²) in [5.74, 6) is -0.360. The number of carbonyl (C=O) groups is 2. The second-order valence-electron chi connectivity index (χ2n) is 6.73. The van der Waals surface area contributed by atoms with Crippen molar-refractivity contribution in [2.45, 2.75) is 20.0 Å². The highest BCUT2D eigenvalue weighted by molar-refractivity contribution is 7.88. The number of likely N-dealkylation sites (N-methyl/N-ethyl adjacent to an activating group) is 1. The number of nitrogens with one attached hydrogen (secondary N) is 1. The van der Waals surface area contributed by atoms with Crippen LogP contribution in [0.2, 0.25) is 0 Å². The van der Waals surface area contributed by atoms with Gasteiger partial charge in [-0.2, -0.15) is 0 Å². The van der Waals surface area contributed by atoms with Gasteiger partial charge in [0.1, 0.15) is 6.10 Å². The van der Waals surface area contributed by atoms with Crippen molar-refractivity contribution in [2.24, 2.45) is 5.92 Å². The van der Waals surface area contributed by atoms with E-state index in [2.05, 4.69) is 5.32 Å². The first-order valence-electron chi connectivity index (χ1n) is 8.24. The molecule has 0 fully saturated rings. The topological polar surface area (TPSA) is 96.0 Å². The van der Waals surface area contributed by atoms with Crippen LogP contribution in [0.15, 0.2) is 18.2 Å². The highest BCUT2D eigenvalue weighted by atomic mass is 32.2. The molecule has 1 heterocycles. The Labute approximate surface area is 154 Å². The molecule has 1 aliphatic heterocycles. The predicted octanol–water partition coefficient (Wildman–Crippen LogP) is 1.01. The van der Waals surface area contributed by atoms with Crippen molar-refractivity contribution in [1.82, 2.24) is 9.21 Å². The molecule has 0 radical (unpaired) electrons. The predicted molar refractivity (Wildman–Crippen MR) is 98.8 cm³/mol. The monoisotopic (exact) mass is 383 g/mol. The molecular weight excluding hydrogens is 358 g/mol. The van der Waals surface area contributed by atoms with E-state index in [4.69, 9.17) is 4.74 Å². The van der Waals surface area contributed by atoms with E-state index in [-0.39, 0.29) is 30.0 Å². The maximum atomic E-state index is 12.7. The lowest BCUT2D eigenvalue weighted by Crippen LogP contribution is -2.46. The van der Waals surface area contributed by atoms with Crippen LogP contribution >= 0.6 is 0 Å². The second kappa shape index (κ2) is 7.63. The van der Waals surface area contributed by atoms with E-state index in [1.165, 1.54) is 18.3 Å². The number of amides is 2. The van der Waals surface area contributed by atoms with Crippen LogP contribution in [0.3, 0.4) is 0 Å². The number of nitrogens with zero attached hydrogens (tertiary/aromatic N) is 2. The maximum Gasteiger partial charge on any atom is 0.257 e. The molecule has 26 heavy (non-hydrogen) atoms. The van der Waals surface area contributed by atoms with Crippen molar-refractivity contribution in [1.29, 1.82) is 0 Å². The van der Waals surface area contributed by atoms with E-state index in [9.17, 15) is 18.0 Å². The van der Waals surface area contributed by atoms with Gasteiger partial charge in [0.05, 0.1) is 24.1 Å². The first kappa shape index (κ1) is 20.2. The summed E-state index contributed by atoms with van der Waals surface area (Å²) in [7, 11) is -0.198. The Morgan fingerprint density at radius 1 is 1.42 bits per heavy atom. The molecule has 2 atom stereocenters. The lowest BCUT2D eigenvalue weighted by molar-refractivity contribution is -0.114. The van der Waals surface area contributed by atoms with Crippen LogP contribution in [-0.4, -0.2) is 69.0 Å². The van der Waals surface area contributed by atoms with Crippen LogP contribution in [0.25, 0.3) is 0 Å². The summed E-state index contributed by atoms with van der Waals surface area (Å²) in [4.78, 5) is 25.8. The first-order valence-corrected chi connectivity index (χ1v) is 10.1. The van der Waals surface area contributed by atoms with Gasteiger partial charge in [0, 0.05) is 33.5 Å². The highest BCUT2D eigenvalue weighted by Gasteiger charge is 2.32. The molecule has 1 aromatic rings. The summed E-state index contributed by atoms with van der Waals surface area (Å²) in [5, 5.41) is 2.67. The second-order valence-corrected chi connectivity index (χ2v) is 8.82. The number of benzene rings is 1. The summed E-state index contributed by atoms with van der Waals surface area (Å²) in [6.07, 6.45) is 0.645. The van der Waals surface area contributed by atoms with Crippen molar-refractivity contribution in [2.75, 3.05) is 38.8 Å². The fraction of sp³-hybridized carbons (Fsp3) is 0.529.